The minimum atomic E-state index is -0.920. The van der Waals surface area contributed by atoms with Gasteiger partial charge in [0.15, 0.2) is 0 Å². The Morgan fingerprint density at radius 1 is 0.793 bits per heavy atom. The van der Waals surface area contributed by atoms with Crippen LogP contribution < -0.4 is 20.9 Å². The number of benzene rings is 2. The molecule has 316 valence electrons. The van der Waals surface area contributed by atoms with Crippen LogP contribution in [-0.4, -0.2) is 69.6 Å². The van der Waals surface area contributed by atoms with Crippen molar-refractivity contribution < 1.29 is 47.7 Å². The molecule has 11 atom stereocenters. The highest BCUT2D eigenvalue weighted by Gasteiger charge is 2.65. The van der Waals surface area contributed by atoms with E-state index in [0.29, 0.717) is 55.3 Å². The van der Waals surface area contributed by atoms with Gasteiger partial charge in [-0.05, 0) is 116 Å². The standard InChI is InChI=1S/C45H61N3O10/c1-27(16-21-39(49)55-5)33-19-20-34-31-18-17-29-25-30(57-43(53)48-47-40(50)32-14-10-11-15-37(32)54-4)22-23-44(29,2)35(31)26-38(45(33,34)3)58-42(52)46-36(41(51)56-6)24-28-12-8-7-9-13-28/h7-15,27,29-31,33-36,38H,16-26H2,1-6H3,(H,46,52)(H,47,50)(H,48,53)/t27-,29-,30-,31+,33-,34+,35+,36+,38+,44+,45-/m1/s1. The van der Waals surface area contributed by atoms with Crippen molar-refractivity contribution >= 4 is 30.0 Å². The minimum Gasteiger partial charge on any atom is -0.496 e. The molecule has 13 heteroatoms. The summed E-state index contributed by atoms with van der Waals surface area (Å²) in [7, 11) is 4.20. The van der Waals surface area contributed by atoms with Crippen LogP contribution >= 0.6 is 0 Å². The number of para-hydroxylation sites is 1. The number of nitrogens with one attached hydrogen (secondary N) is 3. The SMILES string of the molecule is COC(=O)CC[C@@H](C)[C@H]1CC[C@H]2[C@@H]3CC[C@@H]4C[C@H](OC(=O)NNC(=O)c5ccccc5OC)CC[C@]4(C)[C@H]3C[C@H](OC(=O)N[C@@H](Cc3ccccc3)C(=O)OC)[C@]12C. The Labute approximate surface area is 342 Å². The van der Waals surface area contributed by atoms with E-state index in [1.54, 1.807) is 24.3 Å². The fraction of sp³-hybridized carbons (Fsp3) is 0.622. The molecule has 0 bridgehead atoms. The van der Waals surface area contributed by atoms with Crippen LogP contribution in [0.4, 0.5) is 9.59 Å². The van der Waals surface area contributed by atoms with E-state index >= 15 is 0 Å². The van der Waals surface area contributed by atoms with E-state index in [-0.39, 0.29) is 53.0 Å². The van der Waals surface area contributed by atoms with Gasteiger partial charge in [0.05, 0.1) is 26.9 Å². The molecule has 0 spiro atoms. The molecule has 0 heterocycles. The van der Waals surface area contributed by atoms with Gasteiger partial charge in [-0.3, -0.25) is 15.0 Å². The van der Waals surface area contributed by atoms with Crippen molar-refractivity contribution in [2.75, 3.05) is 21.3 Å². The summed E-state index contributed by atoms with van der Waals surface area (Å²) in [5.74, 6) is 0.817. The summed E-state index contributed by atoms with van der Waals surface area (Å²) in [5.41, 5.74) is 5.59. The Morgan fingerprint density at radius 2 is 1.53 bits per heavy atom. The van der Waals surface area contributed by atoms with Gasteiger partial charge in [0.25, 0.3) is 5.91 Å². The maximum absolute atomic E-state index is 14.0. The summed E-state index contributed by atoms with van der Waals surface area (Å²) in [4.78, 5) is 64.8. The lowest BCUT2D eigenvalue weighted by atomic mass is 9.43. The van der Waals surface area contributed by atoms with Gasteiger partial charge in [-0.2, -0.15) is 0 Å². The molecular formula is C45H61N3O10. The average molecular weight is 804 g/mol. The lowest BCUT2D eigenvalue weighted by molar-refractivity contribution is -0.175. The van der Waals surface area contributed by atoms with E-state index in [9.17, 15) is 24.0 Å². The Kier molecular flexibility index (Phi) is 13.6. The molecular weight excluding hydrogens is 743 g/mol. The van der Waals surface area contributed by atoms with Gasteiger partial charge >= 0.3 is 24.1 Å². The van der Waals surface area contributed by atoms with E-state index < -0.39 is 36.2 Å². The van der Waals surface area contributed by atoms with Crippen LogP contribution in [0.25, 0.3) is 0 Å². The van der Waals surface area contributed by atoms with Crippen LogP contribution in [0.5, 0.6) is 5.75 Å². The van der Waals surface area contributed by atoms with Crippen LogP contribution in [0.15, 0.2) is 54.6 Å². The third-order valence-corrected chi connectivity index (χ3v) is 14.7. The molecule has 3 N–H and O–H groups in total. The highest BCUT2D eigenvalue weighted by atomic mass is 16.6. The van der Waals surface area contributed by atoms with Gasteiger partial charge in [0, 0.05) is 18.3 Å². The maximum Gasteiger partial charge on any atom is 0.426 e. The van der Waals surface area contributed by atoms with Crippen molar-refractivity contribution in [1.82, 2.24) is 16.2 Å². The van der Waals surface area contributed by atoms with Gasteiger partial charge < -0.3 is 29.0 Å². The third kappa shape index (κ3) is 8.93. The van der Waals surface area contributed by atoms with Crippen molar-refractivity contribution in [3.8, 4) is 5.75 Å². The van der Waals surface area contributed by atoms with E-state index in [0.717, 1.165) is 37.7 Å². The van der Waals surface area contributed by atoms with E-state index in [1.807, 2.05) is 30.3 Å². The first-order valence-corrected chi connectivity index (χ1v) is 20.9. The smallest absolute Gasteiger partial charge is 0.426 e. The zero-order valence-corrected chi connectivity index (χ0v) is 34.8. The number of hydrazine groups is 1. The molecule has 0 saturated heterocycles. The second kappa shape index (κ2) is 18.4. The van der Waals surface area contributed by atoms with Crippen molar-refractivity contribution in [2.24, 2.45) is 46.3 Å². The lowest BCUT2D eigenvalue weighted by Gasteiger charge is -2.62. The number of rotatable bonds is 12. The number of amides is 3. The van der Waals surface area contributed by atoms with E-state index in [4.69, 9.17) is 23.7 Å². The monoisotopic (exact) mass is 803 g/mol. The Hall–Kier alpha value is -4.81. The molecule has 6 rings (SSSR count). The number of methoxy groups -OCH3 is 3. The Balaban J connectivity index is 1.17. The number of carbonyl (C=O) groups is 5. The average Bonchev–Trinajstić information content (AvgIpc) is 3.60. The molecule has 3 amide bonds. The summed E-state index contributed by atoms with van der Waals surface area (Å²) in [6.07, 6.45) is 6.12. The molecule has 2 aromatic carbocycles. The summed E-state index contributed by atoms with van der Waals surface area (Å²) in [5, 5.41) is 2.86. The number of alkyl carbamates (subject to hydrolysis) is 1. The zero-order chi connectivity index (χ0) is 41.6. The highest BCUT2D eigenvalue weighted by molar-refractivity contribution is 5.97. The normalized spacial score (nSPS) is 30.8. The summed E-state index contributed by atoms with van der Waals surface area (Å²) in [6.45, 7) is 6.87. The first-order valence-electron chi connectivity index (χ1n) is 20.9. The van der Waals surface area contributed by atoms with Crippen molar-refractivity contribution in [1.29, 1.82) is 0 Å². The predicted molar refractivity (Wildman–Crippen MR) is 214 cm³/mol. The fourth-order valence-corrected chi connectivity index (χ4v) is 11.7. The van der Waals surface area contributed by atoms with Crippen molar-refractivity contribution in [3.63, 3.8) is 0 Å². The first kappa shape index (κ1) is 42.8. The molecule has 13 nitrogen and oxygen atoms in total. The van der Waals surface area contributed by atoms with Crippen LogP contribution in [0, 0.1) is 46.3 Å². The molecule has 4 aliphatic rings. The molecule has 4 fully saturated rings. The molecule has 0 unspecified atom stereocenters. The van der Waals surface area contributed by atoms with Crippen LogP contribution in [0.3, 0.4) is 0 Å². The zero-order valence-electron chi connectivity index (χ0n) is 34.8. The summed E-state index contributed by atoms with van der Waals surface area (Å²) in [6, 6.07) is 15.3. The van der Waals surface area contributed by atoms with E-state index in [1.165, 1.54) is 21.3 Å². The second-order valence-corrected chi connectivity index (χ2v) is 17.4. The maximum atomic E-state index is 14.0. The number of carbonyl (C=O) groups excluding carboxylic acids is 5. The van der Waals surface area contributed by atoms with E-state index in [2.05, 4.69) is 36.9 Å². The fourth-order valence-electron chi connectivity index (χ4n) is 11.7. The Bertz CT molecular complexity index is 1790. The molecule has 4 aliphatic carbocycles. The molecule has 0 aliphatic heterocycles. The van der Waals surface area contributed by atoms with Crippen LogP contribution in [0.1, 0.15) is 101 Å². The molecule has 0 radical (unpaired) electrons. The van der Waals surface area contributed by atoms with Gasteiger partial charge in [0.1, 0.15) is 24.0 Å². The van der Waals surface area contributed by atoms with Gasteiger partial charge in [-0.1, -0.05) is 63.2 Å². The van der Waals surface area contributed by atoms with Gasteiger partial charge in [0.2, 0.25) is 0 Å². The van der Waals surface area contributed by atoms with Gasteiger partial charge in [-0.15, -0.1) is 0 Å². The number of ether oxygens (including phenoxy) is 5. The minimum absolute atomic E-state index is 0.0762. The topological polar surface area (TPSA) is 168 Å². The largest absolute Gasteiger partial charge is 0.496 e. The van der Waals surface area contributed by atoms with Crippen molar-refractivity contribution in [3.05, 3.63) is 65.7 Å². The highest BCUT2D eigenvalue weighted by Crippen LogP contribution is 2.69. The quantitative estimate of drug-likeness (QED) is 0.114. The summed E-state index contributed by atoms with van der Waals surface area (Å²) < 4.78 is 27.8. The number of hydrogen-bond acceptors (Lipinski definition) is 10. The van der Waals surface area contributed by atoms with Crippen LogP contribution in [0.2, 0.25) is 0 Å². The predicted octanol–water partition coefficient (Wildman–Crippen LogP) is 7.17. The molecule has 4 saturated carbocycles. The molecule has 2 aromatic rings. The number of hydrogen-bond donors (Lipinski definition) is 3. The molecule has 58 heavy (non-hydrogen) atoms. The van der Waals surface area contributed by atoms with Gasteiger partial charge in [-0.25, -0.2) is 19.8 Å². The first-order chi connectivity index (χ1) is 27.8. The number of esters is 2. The third-order valence-electron chi connectivity index (χ3n) is 14.7. The second-order valence-electron chi connectivity index (χ2n) is 17.4. The van der Waals surface area contributed by atoms with Crippen molar-refractivity contribution in [2.45, 2.75) is 110 Å². The Morgan fingerprint density at radius 3 is 2.26 bits per heavy atom. The van der Waals surface area contributed by atoms with Crippen LogP contribution in [-0.2, 0) is 35.0 Å². The lowest BCUT2D eigenvalue weighted by Crippen LogP contribution is -2.60. The summed E-state index contributed by atoms with van der Waals surface area (Å²) >= 11 is 0. The number of fused-ring (bicyclic) bond motifs is 5. The molecule has 0 aromatic heterocycles.